The molecule has 1 saturated heterocycles. The third-order valence-electron chi connectivity index (χ3n) is 5.34. The van der Waals surface area contributed by atoms with Crippen molar-refractivity contribution < 1.29 is 9.59 Å². The number of aromatic nitrogens is 3. The van der Waals surface area contributed by atoms with Crippen LogP contribution in [-0.2, 0) is 7.05 Å². The van der Waals surface area contributed by atoms with Gasteiger partial charge in [-0.25, -0.2) is 9.78 Å². The predicted octanol–water partition coefficient (Wildman–Crippen LogP) is 3.53. The van der Waals surface area contributed by atoms with E-state index in [4.69, 9.17) is 0 Å². The third-order valence-corrected chi connectivity index (χ3v) is 6.23. The van der Waals surface area contributed by atoms with Crippen LogP contribution in [0, 0.1) is 12.8 Å². The van der Waals surface area contributed by atoms with Crippen molar-refractivity contribution in [3.63, 3.8) is 0 Å². The molecule has 1 fully saturated rings. The lowest BCUT2D eigenvalue weighted by molar-refractivity contribution is 0.0670. The maximum atomic E-state index is 13.0. The molecule has 2 N–H and O–H groups in total. The van der Waals surface area contributed by atoms with Crippen LogP contribution in [0.4, 0.5) is 10.5 Å². The molecule has 1 aromatic carbocycles. The fourth-order valence-corrected chi connectivity index (χ4v) is 4.43. The molecule has 3 aromatic rings. The average molecular weight is 439 g/mol. The van der Waals surface area contributed by atoms with Crippen LogP contribution in [0.3, 0.4) is 0 Å². The Bertz CT molecular complexity index is 1060. The minimum Gasteiger partial charge on any atom is -0.338 e. The maximum absolute atomic E-state index is 13.0. The predicted molar refractivity (Wildman–Crippen MR) is 121 cm³/mol. The van der Waals surface area contributed by atoms with E-state index in [1.54, 1.807) is 10.9 Å². The molecule has 9 heteroatoms. The van der Waals surface area contributed by atoms with Crippen LogP contribution in [0.1, 0.15) is 28.9 Å². The summed E-state index contributed by atoms with van der Waals surface area (Å²) in [6.07, 6.45) is 5.53. The second kappa shape index (κ2) is 9.30. The van der Waals surface area contributed by atoms with Crippen LogP contribution in [0.5, 0.6) is 0 Å². The highest BCUT2D eigenvalue weighted by Gasteiger charge is 2.26. The third kappa shape index (κ3) is 5.29. The average Bonchev–Trinajstić information content (AvgIpc) is 3.43. The number of anilines is 1. The second-order valence-electron chi connectivity index (χ2n) is 7.90. The zero-order valence-corrected chi connectivity index (χ0v) is 18.5. The highest BCUT2D eigenvalue weighted by molar-refractivity contribution is 7.13. The molecule has 4 rings (SSSR count). The summed E-state index contributed by atoms with van der Waals surface area (Å²) in [5, 5.41) is 12.5. The van der Waals surface area contributed by atoms with Gasteiger partial charge in [0.1, 0.15) is 10.7 Å². The van der Waals surface area contributed by atoms with Crippen molar-refractivity contribution in [2.45, 2.75) is 19.8 Å². The van der Waals surface area contributed by atoms with Crippen LogP contribution < -0.4 is 10.6 Å². The number of carbonyl (C=O) groups is 2. The SMILES string of the molecule is Cc1ccc(NC(=O)NCC2CCCN(C(=O)c3csc(-c4cnn(C)c4)n3)C2)cc1. The van der Waals surface area contributed by atoms with E-state index in [0.717, 1.165) is 34.7 Å². The lowest BCUT2D eigenvalue weighted by Crippen LogP contribution is -2.44. The van der Waals surface area contributed by atoms with E-state index >= 15 is 0 Å². The van der Waals surface area contributed by atoms with Crippen LogP contribution in [0.2, 0.25) is 0 Å². The fourth-order valence-electron chi connectivity index (χ4n) is 3.66. The smallest absolute Gasteiger partial charge is 0.319 e. The number of carbonyl (C=O) groups excluding carboxylic acids is 2. The van der Waals surface area contributed by atoms with Gasteiger partial charge in [0, 0.05) is 49.5 Å². The van der Waals surface area contributed by atoms with E-state index in [1.165, 1.54) is 11.3 Å². The number of piperidine rings is 1. The van der Waals surface area contributed by atoms with Crippen molar-refractivity contribution in [3.8, 4) is 10.6 Å². The lowest BCUT2D eigenvalue weighted by atomic mass is 9.98. The highest BCUT2D eigenvalue weighted by atomic mass is 32.1. The molecule has 162 valence electrons. The summed E-state index contributed by atoms with van der Waals surface area (Å²) in [6.45, 7) is 3.86. The summed E-state index contributed by atoms with van der Waals surface area (Å²) in [5.41, 5.74) is 3.28. The van der Waals surface area contributed by atoms with Crippen molar-refractivity contribution >= 4 is 29.0 Å². The Kier molecular flexibility index (Phi) is 6.31. The van der Waals surface area contributed by atoms with Gasteiger partial charge >= 0.3 is 6.03 Å². The van der Waals surface area contributed by atoms with E-state index in [9.17, 15) is 9.59 Å². The molecular weight excluding hydrogens is 412 g/mol. The first-order valence-electron chi connectivity index (χ1n) is 10.3. The number of urea groups is 1. The Balaban J connectivity index is 1.30. The lowest BCUT2D eigenvalue weighted by Gasteiger charge is -2.32. The van der Waals surface area contributed by atoms with Crippen LogP contribution in [0.15, 0.2) is 42.0 Å². The Hall–Kier alpha value is -3.20. The van der Waals surface area contributed by atoms with E-state index < -0.39 is 0 Å². The minimum absolute atomic E-state index is 0.0554. The number of nitrogens with one attached hydrogen (secondary N) is 2. The summed E-state index contributed by atoms with van der Waals surface area (Å²) < 4.78 is 1.72. The van der Waals surface area contributed by atoms with Crippen molar-refractivity contribution in [1.29, 1.82) is 0 Å². The maximum Gasteiger partial charge on any atom is 0.319 e. The number of benzene rings is 1. The van der Waals surface area contributed by atoms with Gasteiger partial charge in [0.05, 0.1) is 6.20 Å². The number of rotatable bonds is 5. The standard InChI is InChI=1S/C22H26N6O2S/c1-15-5-7-18(8-6-15)25-22(30)23-10-16-4-3-9-28(12-16)21(29)19-14-31-20(26-19)17-11-24-27(2)13-17/h5-8,11,13-14,16H,3-4,9-10,12H2,1-2H3,(H2,23,25,30). The molecule has 0 aliphatic carbocycles. The molecule has 0 spiro atoms. The summed E-state index contributed by atoms with van der Waals surface area (Å²) in [5.74, 6) is 0.165. The zero-order valence-electron chi connectivity index (χ0n) is 17.7. The fraction of sp³-hybridized carbons (Fsp3) is 0.364. The number of likely N-dealkylation sites (tertiary alicyclic amines) is 1. The molecule has 1 unspecified atom stereocenters. The molecule has 3 amide bonds. The van der Waals surface area contributed by atoms with Gasteiger partial charge in [-0.1, -0.05) is 17.7 Å². The molecule has 3 heterocycles. The first kappa shape index (κ1) is 21.0. The number of aryl methyl sites for hydroxylation is 2. The van der Waals surface area contributed by atoms with Gasteiger partial charge in [-0.2, -0.15) is 5.10 Å². The van der Waals surface area contributed by atoms with Gasteiger partial charge in [0.25, 0.3) is 5.91 Å². The first-order valence-corrected chi connectivity index (χ1v) is 11.2. The van der Waals surface area contributed by atoms with Crippen LogP contribution in [-0.4, -0.2) is 51.2 Å². The Labute approximate surface area is 185 Å². The Morgan fingerprint density at radius 1 is 1.26 bits per heavy atom. The molecule has 1 aliphatic heterocycles. The van der Waals surface area contributed by atoms with Crippen molar-refractivity contribution in [2.75, 3.05) is 25.0 Å². The van der Waals surface area contributed by atoms with Gasteiger partial charge in [0.2, 0.25) is 0 Å². The van der Waals surface area contributed by atoms with E-state index in [-0.39, 0.29) is 17.9 Å². The largest absolute Gasteiger partial charge is 0.338 e. The monoisotopic (exact) mass is 438 g/mol. The van der Waals surface area contributed by atoms with Gasteiger partial charge < -0.3 is 15.5 Å². The van der Waals surface area contributed by atoms with E-state index in [2.05, 4.69) is 20.7 Å². The van der Waals surface area contributed by atoms with Crippen molar-refractivity contribution in [2.24, 2.45) is 13.0 Å². The normalized spacial score (nSPS) is 16.2. The van der Waals surface area contributed by atoms with E-state index in [0.29, 0.717) is 25.3 Å². The van der Waals surface area contributed by atoms with Gasteiger partial charge in [-0.05, 0) is 37.8 Å². The topological polar surface area (TPSA) is 92.2 Å². The number of hydrogen-bond donors (Lipinski definition) is 2. The second-order valence-corrected chi connectivity index (χ2v) is 8.76. The van der Waals surface area contributed by atoms with Crippen molar-refractivity contribution in [3.05, 3.63) is 53.3 Å². The number of hydrogen-bond acceptors (Lipinski definition) is 5. The first-order chi connectivity index (χ1) is 15.0. The molecular formula is C22H26N6O2S. The van der Waals surface area contributed by atoms with Gasteiger partial charge in [-0.15, -0.1) is 11.3 Å². The van der Waals surface area contributed by atoms with Crippen LogP contribution >= 0.6 is 11.3 Å². The summed E-state index contributed by atoms with van der Waals surface area (Å²) >= 11 is 1.45. The zero-order chi connectivity index (χ0) is 21.8. The van der Waals surface area contributed by atoms with Crippen molar-refractivity contribution in [1.82, 2.24) is 25.0 Å². The molecule has 0 saturated carbocycles. The summed E-state index contributed by atoms with van der Waals surface area (Å²) in [4.78, 5) is 31.5. The highest BCUT2D eigenvalue weighted by Crippen LogP contribution is 2.25. The summed E-state index contributed by atoms with van der Waals surface area (Å²) in [6, 6.07) is 7.44. The molecule has 31 heavy (non-hydrogen) atoms. The Morgan fingerprint density at radius 3 is 2.81 bits per heavy atom. The molecule has 0 bridgehead atoms. The number of nitrogens with zero attached hydrogens (tertiary/aromatic N) is 4. The van der Waals surface area contributed by atoms with E-state index in [1.807, 2.05) is 54.7 Å². The number of amides is 3. The molecule has 2 aromatic heterocycles. The molecule has 1 atom stereocenters. The van der Waals surface area contributed by atoms with Gasteiger partial charge in [0.15, 0.2) is 0 Å². The molecule has 1 aliphatic rings. The molecule has 8 nitrogen and oxygen atoms in total. The summed E-state index contributed by atoms with van der Waals surface area (Å²) in [7, 11) is 1.85. The minimum atomic E-state index is -0.229. The quantitative estimate of drug-likeness (QED) is 0.637. The Morgan fingerprint density at radius 2 is 2.06 bits per heavy atom. The molecule has 0 radical (unpaired) electrons. The number of thiazole rings is 1. The van der Waals surface area contributed by atoms with Gasteiger partial charge in [-0.3, -0.25) is 9.48 Å². The van der Waals surface area contributed by atoms with Crippen LogP contribution in [0.25, 0.3) is 10.6 Å².